The highest BCUT2D eigenvalue weighted by Crippen LogP contribution is 2.41. The summed E-state index contributed by atoms with van der Waals surface area (Å²) in [5.74, 6) is 0.980. The van der Waals surface area contributed by atoms with E-state index in [0.717, 1.165) is 31.7 Å². The summed E-state index contributed by atoms with van der Waals surface area (Å²) in [7, 11) is 3.86. The first-order valence-electron chi connectivity index (χ1n) is 6.70. The third-order valence-corrected chi connectivity index (χ3v) is 4.85. The molecule has 0 aromatic heterocycles. The number of benzene rings is 1. The summed E-state index contributed by atoms with van der Waals surface area (Å²) in [6.07, 6.45) is 2.15. The SMILES string of the molecule is COc1c(C)c(C)c(Br)c(C)c1N(C)CCCCN. The van der Waals surface area contributed by atoms with E-state index in [1.54, 1.807) is 7.11 Å². The summed E-state index contributed by atoms with van der Waals surface area (Å²) in [4.78, 5) is 2.26. The maximum atomic E-state index is 5.63. The van der Waals surface area contributed by atoms with Crippen LogP contribution >= 0.6 is 15.9 Å². The first-order chi connectivity index (χ1) is 8.95. The van der Waals surface area contributed by atoms with E-state index in [1.807, 2.05) is 0 Å². The molecule has 0 aliphatic rings. The van der Waals surface area contributed by atoms with Gasteiger partial charge in [0, 0.05) is 18.1 Å². The molecule has 0 amide bonds. The molecule has 0 bridgehead atoms. The zero-order chi connectivity index (χ0) is 14.6. The Balaban J connectivity index is 3.18. The zero-order valence-corrected chi connectivity index (χ0v) is 14.2. The van der Waals surface area contributed by atoms with Crippen molar-refractivity contribution in [2.24, 2.45) is 5.73 Å². The highest BCUT2D eigenvalue weighted by molar-refractivity contribution is 9.10. The number of anilines is 1. The number of hydrogen-bond acceptors (Lipinski definition) is 3. The number of hydrogen-bond donors (Lipinski definition) is 1. The van der Waals surface area contributed by atoms with E-state index in [0.29, 0.717) is 0 Å². The van der Waals surface area contributed by atoms with Crippen molar-refractivity contribution in [1.29, 1.82) is 0 Å². The average Bonchev–Trinajstić information content (AvgIpc) is 2.40. The lowest BCUT2D eigenvalue weighted by molar-refractivity contribution is 0.410. The lowest BCUT2D eigenvalue weighted by atomic mass is 10.0. The number of rotatable bonds is 6. The summed E-state index contributed by atoms with van der Waals surface area (Å²) in [5, 5.41) is 0. The van der Waals surface area contributed by atoms with Crippen LogP contribution in [0.4, 0.5) is 5.69 Å². The van der Waals surface area contributed by atoms with E-state index >= 15 is 0 Å². The lowest BCUT2D eigenvalue weighted by Crippen LogP contribution is -2.21. The monoisotopic (exact) mass is 328 g/mol. The van der Waals surface area contributed by atoms with Crippen LogP contribution in [0.25, 0.3) is 0 Å². The fourth-order valence-electron chi connectivity index (χ4n) is 2.38. The minimum Gasteiger partial charge on any atom is -0.494 e. The van der Waals surface area contributed by atoms with Crippen LogP contribution in [0.2, 0.25) is 0 Å². The fourth-order valence-corrected chi connectivity index (χ4v) is 2.87. The van der Waals surface area contributed by atoms with E-state index in [1.165, 1.54) is 26.9 Å². The molecule has 1 aromatic rings. The highest BCUT2D eigenvalue weighted by Gasteiger charge is 2.19. The lowest BCUT2D eigenvalue weighted by Gasteiger charge is -2.27. The first kappa shape index (κ1) is 16.3. The summed E-state index contributed by atoms with van der Waals surface area (Å²) >= 11 is 3.69. The van der Waals surface area contributed by atoms with Crippen LogP contribution < -0.4 is 15.4 Å². The Bertz CT molecular complexity index is 447. The Morgan fingerprint density at radius 1 is 1.11 bits per heavy atom. The normalized spacial score (nSPS) is 10.7. The molecule has 4 heteroatoms. The smallest absolute Gasteiger partial charge is 0.145 e. The Labute approximate surface area is 125 Å². The van der Waals surface area contributed by atoms with E-state index in [-0.39, 0.29) is 0 Å². The van der Waals surface area contributed by atoms with Crippen LogP contribution in [0.1, 0.15) is 29.5 Å². The van der Waals surface area contributed by atoms with Crippen LogP contribution in [-0.2, 0) is 0 Å². The zero-order valence-electron chi connectivity index (χ0n) is 12.6. The number of ether oxygens (including phenoxy) is 1. The number of methoxy groups -OCH3 is 1. The summed E-state index contributed by atoms with van der Waals surface area (Å²) in [5.41, 5.74) is 10.4. The van der Waals surface area contributed by atoms with Crippen molar-refractivity contribution in [1.82, 2.24) is 0 Å². The molecule has 19 heavy (non-hydrogen) atoms. The molecule has 0 radical (unpaired) electrons. The topological polar surface area (TPSA) is 38.5 Å². The van der Waals surface area contributed by atoms with E-state index in [9.17, 15) is 0 Å². The molecular formula is C15H25BrN2O. The van der Waals surface area contributed by atoms with Gasteiger partial charge in [-0.15, -0.1) is 0 Å². The van der Waals surface area contributed by atoms with Crippen molar-refractivity contribution >= 4 is 21.6 Å². The highest BCUT2D eigenvalue weighted by atomic mass is 79.9. The number of nitrogens with two attached hydrogens (primary N) is 1. The van der Waals surface area contributed by atoms with Crippen LogP contribution in [0.3, 0.4) is 0 Å². The molecule has 0 saturated carbocycles. The van der Waals surface area contributed by atoms with Crippen molar-refractivity contribution in [3.05, 3.63) is 21.2 Å². The molecular weight excluding hydrogens is 304 g/mol. The minimum atomic E-state index is 0.751. The van der Waals surface area contributed by atoms with Gasteiger partial charge in [0.15, 0.2) is 0 Å². The maximum Gasteiger partial charge on any atom is 0.145 e. The summed E-state index contributed by atoms with van der Waals surface area (Å²) < 4.78 is 6.81. The quantitative estimate of drug-likeness (QED) is 0.811. The standard InChI is InChI=1S/C15H25BrN2O/c1-10-11(2)15(19-5)14(12(3)13(10)16)18(4)9-7-6-8-17/h6-9,17H2,1-5H3. The van der Waals surface area contributed by atoms with Gasteiger partial charge in [-0.3, -0.25) is 0 Å². The van der Waals surface area contributed by atoms with Gasteiger partial charge in [-0.25, -0.2) is 0 Å². The van der Waals surface area contributed by atoms with Gasteiger partial charge in [-0.05, 0) is 56.8 Å². The summed E-state index contributed by atoms with van der Waals surface area (Å²) in [6, 6.07) is 0. The first-order valence-corrected chi connectivity index (χ1v) is 7.49. The second kappa shape index (κ2) is 7.15. The number of unbranched alkanes of at least 4 members (excludes halogenated alkanes) is 1. The largest absolute Gasteiger partial charge is 0.494 e. The van der Waals surface area contributed by atoms with Gasteiger partial charge in [-0.2, -0.15) is 0 Å². The molecule has 0 atom stereocenters. The average molecular weight is 329 g/mol. The van der Waals surface area contributed by atoms with E-state index in [4.69, 9.17) is 10.5 Å². The van der Waals surface area contributed by atoms with Gasteiger partial charge in [-0.1, -0.05) is 15.9 Å². The van der Waals surface area contributed by atoms with E-state index < -0.39 is 0 Å². The molecule has 0 unspecified atom stereocenters. The molecule has 1 rings (SSSR count). The van der Waals surface area contributed by atoms with Crippen LogP contribution in [0.15, 0.2) is 4.47 Å². The van der Waals surface area contributed by atoms with Crippen molar-refractivity contribution in [3.63, 3.8) is 0 Å². The van der Waals surface area contributed by atoms with Gasteiger partial charge < -0.3 is 15.4 Å². The fraction of sp³-hybridized carbons (Fsp3) is 0.600. The Kier molecular flexibility index (Phi) is 6.14. The Hall–Kier alpha value is -0.740. The van der Waals surface area contributed by atoms with Crippen molar-refractivity contribution in [2.45, 2.75) is 33.6 Å². The minimum absolute atomic E-state index is 0.751. The number of halogens is 1. The summed E-state index contributed by atoms with van der Waals surface area (Å²) in [6.45, 7) is 8.10. The maximum absolute atomic E-state index is 5.63. The van der Waals surface area contributed by atoms with Crippen molar-refractivity contribution in [3.8, 4) is 5.75 Å². The van der Waals surface area contributed by atoms with Crippen molar-refractivity contribution < 1.29 is 4.74 Å². The molecule has 0 spiro atoms. The molecule has 3 nitrogen and oxygen atoms in total. The van der Waals surface area contributed by atoms with Crippen LogP contribution in [-0.4, -0.2) is 27.2 Å². The van der Waals surface area contributed by atoms with Gasteiger partial charge in [0.1, 0.15) is 5.75 Å². The molecule has 0 heterocycles. The van der Waals surface area contributed by atoms with Crippen molar-refractivity contribution in [2.75, 3.05) is 32.1 Å². The molecule has 2 N–H and O–H groups in total. The van der Waals surface area contributed by atoms with Crippen LogP contribution in [0.5, 0.6) is 5.75 Å². The predicted octanol–water partition coefficient (Wildman–Crippen LogP) is 3.56. The van der Waals surface area contributed by atoms with Gasteiger partial charge in [0.05, 0.1) is 12.8 Å². The third-order valence-electron chi connectivity index (χ3n) is 3.67. The predicted molar refractivity (Wildman–Crippen MR) is 86.5 cm³/mol. The number of nitrogens with zero attached hydrogens (tertiary/aromatic N) is 1. The second-order valence-corrected chi connectivity index (χ2v) is 5.78. The Morgan fingerprint density at radius 2 is 1.74 bits per heavy atom. The Morgan fingerprint density at radius 3 is 2.26 bits per heavy atom. The molecule has 0 aliphatic heterocycles. The molecule has 1 aromatic carbocycles. The molecule has 0 fully saturated rings. The third kappa shape index (κ3) is 3.42. The van der Waals surface area contributed by atoms with Gasteiger partial charge >= 0.3 is 0 Å². The van der Waals surface area contributed by atoms with Gasteiger partial charge in [0.25, 0.3) is 0 Å². The molecule has 0 aliphatic carbocycles. The molecule has 0 saturated heterocycles. The molecule has 108 valence electrons. The van der Waals surface area contributed by atoms with Crippen LogP contribution in [0, 0.1) is 20.8 Å². The van der Waals surface area contributed by atoms with E-state index in [2.05, 4.69) is 48.6 Å². The second-order valence-electron chi connectivity index (χ2n) is 4.99. The van der Waals surface area contributed by atoms with Gasteiger partial charge in [0.2, 0.25) is 0 Å².